The largest absolute Gasteiger partial charge is 0.419 e. The first kappa shape index (κ1) is 17.5. The highest BCUT2D eigenvalue weighted by Crippen LogP contribution is 2.27. The Morgan fingerprint density at radius 1 is 1.07 bits per heavy atom. The second-order valence-electron chi connectivity index (χ2n) is 5.83. The van der Waals surface area contributed by atoms with Gasteiger partial charge in [-0.05, 0) is 23.7 Å². The van der Waals surface area contributed by atoms with E-state index < -0.39 is 11.2 Å². The summed E-state index contributed by atoms with van der Waals surface area (Å²) in [4.78, 5) is 28.7. The van der Waals surface area contributed by atoms with Crippen molar-refractivity contribution in [3.05, 3.63) is 61.3 Å². The van der Waals surface area contributed by atoms with E-state index in [0.29, 0.717) is 10.6 Å². The Labute approximate surface area is 161 Å². The molecule has 0 radical (unpaired) electrons. The predicted octanol–water partition coefficient (Wildman–Crippen LogP) is 1.84. The maximum atomic E-state index is 12.5. The number of hydrogen-bond donors (Lipinski definition) is 0. The van der Waals surface area contributed by atoms with Crippen LogP contribution in [0.25, 0.3) is 22.6 Å². The van der Waals surface area contributed by atoms with Gasteiger partial charge in [-0.3, -0.25) is 18.5 Å². The lowest BCUT2D eigenvalue weighted by Gasteiger charge is -2.05. The van der Waals surface area contributed by atoms with Crippen LogP contribution in [0.1, 0.15) is 5.89 Å². The summed E-state index contributed by atoms with van der Waals surface area (Å²) in [5.41, 5.74) is -0.0650. The van der Waals surface area contributed by atoms with Crippen molar-refractivity contribution in [2.45, 2.75) is 6.54 Å². The van der Waals surface area contributed by atoms with Crippen molar-refractivity contribution in [3.63, 3.8) is 0 Å². The minimum atomic E-state index is -0.515. The van der Waals surface area contributed by atoms with Crippen molar-refractivity contribution in [2.75, 3.05) is 0 Å². The molecule has 4 rings (SSSR count). The zero-order valence-corrected chi connectivity index (χ0v) is 15.7. The third-order valence-corrected chi connectivity index (χ3v) is 4.78. The van der Waals surface area contributed by atoms with Crippen LogP contribution in [0.5, 0.6) is 0 Å². The smallest absolute Gasteiger partial charge is 0.332 e. The quantitative estimate of drug-likeness (QED) is 0.481. The molecule has 0 fully saturated rings. The summed E-state index contributed by atoms with van der Waals surface area (Å²) in [6, 6.07) is 7.06. The summed E-state index contributed by atoms with van der Waals surface area (Å²) < 4.78 is 9.32. The van der Waals surface area contributed by atoms with Crippen LogP contribution in [0.4, 0.5) is 0 Å². The molecule has 0 atom stereocenters. The van der Waals surface area contributed by atoms with Gasteiger partial charge < -0.3 is 4.42 Å². The Morgan fingerprint density at radius 2 is 1.81 bits per heavy atom. The molecule has 9 nitrogen and oxygen atoms in total. The highest BCUT2D eigenvalue weighted by Gasteiger charge is 2.20. The molecule has 0 spiro atoms. The summed E-state index contributed by atoms with van der Waals surface area (Å²) in [6.45, 7) is 0.0141. The number of hydrogen-bond acceptors (Lipinski definition) is 6. The number of imidazole rings is 1. The number of nitrogens with zero attached hydrogens (tertiary/aromatic N) is 6. The minimum Gasteiger partial charge on any atom is -0.419 e. The molecule has 0 unspecified atom stereocenters. The highest BCUT2D eigenvalue weighted by molar-refractivity contribution is 6.33. The van der Waals surface area contributed by atoms with Gasteiger partial charge in [0.1, 0.15) is 6.54 Å². The minimum absolute atomic E-state index is 0.0141. The molecule has 3 aromatic heterocycles. The van der Waals surface area contributed by atoms with E-state index in [4.69, 9.17) is 27.6 Å². The normalized spacial score (nSPS) is 11.4. The summed E-state index contributed by atoms with van der Waals surface area (Å²) in [5.74, 6) is 0.457. The highest BCUT2D eigenvalue weighted by atomic mass is 35.5. The van der Waals surface area contributed by atoms with Gasteiger partial charge in [0.15, 0.2) is 11.2 Å². The van der Waals surface area contributed by atoms with Crippen LogP contribution < -0.4 is 11.2 Å². The van der Waals surface area contributed by atoms with Gasteiger partial charge in [-0.25, -0.2) is 4.79 Å². The van der Waals surface area contributed by atoms with Crippen molar-refractivity contribution in [1.82, 2.24) is 28.9 Å². The Hall–Kier alpha value is -2.91. The van der Waals surface area contributed by atoms with Crippen molar-refractivity contribution < 1.29 is 4.42 Å². The average molecular weight is 407 g/mol. The van der Waals surface area contributed by atoms with E-state index in [1.165, 1.54) is 23.2 Å². The Bertz CT molecular complexity index is 1300. The van der Waals surface area contributed by atoms with E-state index >= 15 is 0 Å². The molecule has 11 heteroatoms. The molecular weight excluding hydrogens is 395 g/mol. The number of rotatable bonds is 3. The Morgan fingerprint density at radius 3 is 2.56 bits per heavy atom. The zero-order chi connectivity index (χ0) is 19.3. The molecular formula is C16H12Cl2N6O3. The molecule has 0 amide bonds. The van der Waals surface area contributed by atoms with Gasteiger partial charge in [0.25, 0.3) is 5.56 Å². The van der Waals surface area contributed by atoms with Crippen molar-refractivity contribution in [3.8, 4) is 11.5 Å². The van der Waals surface area contributed by atoms with Gasteiger partial charge in [0.05, 0.1) is 10.6 Å². The Balaban J connectivity index is 1.82. The van der Waals surface area contributed by atoms with Crippen LogP contribution in [0.2, 0.25) is 10.3 Å². The summed E-state index contributed by atoms with van der Waals surface area (Å²) in [7, 11) is 2.90. The van der Waals surface area contributed by atoms with Crippen LogP contribution in [0.15, 0.2) is 38.3 Å². The van der Waals surface area contributed by atoms with E-state index in [0.717, 1.165) is 4.57 Å². The molecule has 0 saturated heterocycles. The second-order valence-corrected chi connectivity index (χ2v) is 6.57. The number of fused-ring (bicyclic) bond motifs is 1. The van der Waals surface area contributed by atoms with Crippen molar-refractivity contribution in [1.29, 1.82) is 0 Å². The summed E-state index contributed by atoms with van der Waals surface area (Å²) in [5, 5.41) is 8.48. The van der Waals surface area contributed by atoms with E-state index in [1.54, 1.807) is 24.3 Å². The first-order valence-electron chi connectivity index (χ1n) is 7.77. The molecule has 0 aliphatic rings. The second kappa shape index (κ2) is 6.36. The molecule has 4 aromatic rings. The molecule has 0 saturated carbocycles. The average Bonchev–Trinajstić information content (AvgIpc) is 3.24. The predicted molar refractivity (Wildman–Crippen MR) is 99.1 cm³/mol. The van der Waals surface area contributed by atoms with Gasteiger partial charge in [-0.1, -0.05) is 23.7 Å². The molecule has 27 heavy (non-hydrogen) atoms. The van der Waals surface area contributed by atoms with E-state index in [9.17, 15) is 9.59 Å². The first-order chi connectivity index (χ1) is 12.9. The maximum absolute atomic E-state index is 12.5. The van der Waals surface area contributed by atoms with Crippen LogP contribution in [-0.4, -0.2) is 28.9 Å². The molecule has 0 N–H and O–H groups in total. The number of aryl methyl sites for hydroxylation is 1. The molecule has 0 bridgehead atoms. The van der Waals surface area contributed by atoms with Gasteiger partial charge >= 0.3 is 5.69 Å². The lowest BCUT2D eigenvalue weighted by Crippen LogP contribution is -2.37. The standard InChI is InChI=1S/C16H12Cl2N6O3/c1-22-12-11(14(25)23(2)16(22)26)24(15(18)19-12)7-10-20-21-13(27-10)8-5-3-4-6-9(8)17/h3-6H,7H2,1-2H3. The van der Waals surface area contributed by atoms with Crippen molar-refractivity contribution in [2.24, 2.45) is 14.1 Å². The number of aromatic nitrogens is 6. The molecule has 0 aliphatic heterocycles. The maximum Gasteiger partial charge on any atom is 0.332 e. The fourth-order valence-electron chi connectivity index (χ4n) is 2.76. The van der Waals surface area contributed by atoms with Gasteiger partial charge in [0, 0.05) is 14.1 Å². The summed E-state index contributed by atoms with van der Waals surface area (Å²) in [6.07, 6.45) is 0. The van der Waals surface area contributed by atoms with Gasteiger partial charge in [-0.2, -0.15) is 4.98 Å². The van der Waals surface area contributed by atoms with E-state index in [-0.39, 0.29) is 34.8 Å². The van der Waals surface area contributed by atoms with Crippen molar-refractivity contribution >= 4 is 34.4 Å². The fourth-order valence-corrected chi connectivity index (χ4v) is 3.20. The Kier molecular flexibility index (Phi) is 4.12. The summed E-state index contributed by atoms with van der Waals surface area (Å²) >= 11 is 12.3. The molecule has 1 aromatic carbocycles. The van der Waals surface area contributed by atoms with Crippen LogP contribution >= 0.6 is 23.2 Å². The van der Waals surface area contributed by atoms with Gasteiger partial charge in [-0.15, -0.1) is 10.2 Å². The van der Waals surface area contributed by atoms with E-state index in [1.807, 2.05) is 0 Å². The monoisotopic (exact) mass is 406 g/mol. The number of halogens is 2. The van der Waals surface area contributed by atoms with Gasteiger partial charge in [0.2, 0.25) is 17.1 Å². The number of benzene rings is 1. The topological polar surface area (TPSA) is 101 Å². The van der Waals surface area contributed by atoms with E-state index in [2.05, 4.69) is 15.2 Å². The first-order valence-corrected chi connectivity index (χ1v) is 8.53. The third kappa shape index (κ3) is 2.75. The lowest BCUT2D eigenvalue weighted by molar-refractivity contribution is 0.491. The van der Waals surface area contributed by atoms with Crippen LogP contribution in [-0.2, 0) is 20.6 Å². The zero-order valence-electron chi connectivity index (χ0n) is 14.2. The fraction of sp³-hybridized carbons (Fsp3) is 0.188. The van der Waals surface area contributed by atoms with Crippen LogP contribution in [0.3, 0.4) is 0 Å². The molecule has 0 aliphatic carbocycles. The SMILES string of the molecule is Cn1c(=O)c2c(nc(Cl)n2Cc2nnc(-c3ccccc3Cl)o2)n(C)c1=O. The third-order valence-electron chi connectivity index (χ3n) is 4.17. The molecule has 138 valence electrons. The lowest BCUT2D eigenvalue weighted by atomic mass is 10.2. The molecule has 3 heterocycles. The van der Waals surface area contributed by atoms with Crippen LogP contribution in [0, 0.1) is 0 Å².